The van der Waals surface area contributed by atoms with E-state index in [9.17, 15) is 0 Å². The molecule has 0 heterocycles. The van der Waals surface area contributed by atoms with Crippen LogP contribution in [0, 0.1) is 0 Å². The molecule has 8 heavy (non-hydrogen) atoms. The Balaban J connectivity index is -0.000000125. The minimum atomic E-state index is 0. The van der Waals surface area contributed by atoms with Gasteiger partial charge in [-0.05, 0) is 0 Å². The first-order valence-corrected chi connectivity index (χ1v) is 2.40. The fourth-order valence-corrected chi connectivity index (χ4v) is 0. The van der Waals surface area contributed by atoms with Crippen molar-refractivity contribution in [2.75, 3.05) is 14.1 Å². The molecule has 0 aromatic rings. The van der Waals surface area contributed by atoms with Crippen LogP contribution >= 0.6 is 38.3 Å². The molecular formula is C3H11NS3Se. The summed E-state index contributed by atoms with van der Waals surface area (Å²) in [5.41, 5.74) is 0. The van der Waals surface area contributed by atoms with Gasteiger partial charge in [0.25, 0.3) is 0 Å². The third kappa shape index (κ3) is 10.2. The second-order valence-corrected chi connectivity index (χ2v) is 2.29. The van der Waals surface area contributed by atoms with Crippen molar-refractivity contribution < 1.29 is 0 Å². The molecule has 0 aliphatic rings. The molecule has 52 valence electrons. The number of rotatable bonds is 0. The van der Waals surface area contributed by atoms with Gasteiger partial charge < -0.3 is 4.90 Å². The molecule has 1 nitrogen and oxygen atoms in total. The van der Waals surface area contributed by atoms with Crippen LogP contribution in [-0.4, -0.2) is 40.4 Å². The van der Waals surface area contributed by atoms with Crippen LogP contribution in [0.2, 0.25) is 0 Å². The fraction of sp³-hybridized carbons (Fsp3) is 0.667. The molecule has 0 saturated heterocycles. The molecule has 0 aliphatic heterocycles. The van der Waals surface area contributed by atoms with Crippen LogP contribution in [0.25, 0.3) is 0 Å². The number of hydrogen-bond donors (Lipinski definition) is 1. The first-order chi connectivity index (χ1) is 2.64. The Kier molecular flexibility index (Phi) is 16.3. The van der Waals surface area contributed by atoms with Gasteiger partial charge in [0.15, 0.2) is 0 Å². The third-order valence-electron chi connectivity index (χ3n) is 0.383. The summed E-state index contributed by atoms with van der Waals surface area (Å²) in [6.07, 6.45) is 0. The van der Waals surface area contributed by atoms with E-state index in [1.165, 1.54) is 0 Å². The van der Waals surface area contributed by atoms with Gasteiger partial charge in [0.1, 0.15) is 4.32 Å². The molecule has 0 amide bonds. The molecule has 0 fully saturated rings. The SMILES string of the molecule is CN(C)C(=S)S.S.[SeH2]. The number of hydrogen-bond acceptors (Lipinski definition) is 1. The van der Waals surface area contributed by atoms with E-state index < -0.39 is 0 Å². The minimum absolute atomic E-state index is 0. The van der Waals surface area contributed by atoms with Crippen molar-refractivity contribution in [1.82, 2.24) is 4.90 Å². The summed E-state index contributed by atoms with van der Waals surface area (Å²) in [7, 11) is 3.71. The average Bonchev–Trinajstić information content (AvgIpc) is 1.36. The average molecular weight is 236 g/mol. The van der Waals surface area contributed by atoms with E-state index in [0.717, 1.165) is 0 Å². The van der Waals surface area contributed by atoms with Gasteiger partial charge in [-0.2, -0.15) is 13.5 Å². The molecule has 0 aromatic heterocycles. The van der Waals surface area contributed by atoms with Crippen molar-refractivity contribution in [3.05, 3.63) is 0 Å². The van der Waals surface area contributed by atoms with E-state index in [1.807, 2.05) is 14.1 Å². The maximum absolute atomic E-state index is 4.61. The van der Waals surface area contributed by atoms with Gasteiger partial charge in [-0.15, -0.1) is 12.6 Å². The van der Waals surface area contributed by atoms with Gasteiger partial charge >= 0.3 is 17.1 Å². The van der Waals surface area contributed by atoms with Gasteiger partial charge in [-0.25, -0.2) is 0 Å². The Labute approximate surface area is 78.5 Å². The van der Waals surface area contributed by atoms with Gasteiger partial charge in [0.2, 0.25) is 0 Å². The van der Waals surface area contributed by atoms with Crippen LogP contribution in [0.1, 0.15) is 0 Å². The standard InChI is InChI=1S/C3H7NS2.H2S.H2Se/c1-4(2)3(5)6;;/h1-2H3,(H,5,6);2*1H2. The number of nitrogens with zero attached hydrogens (tertiary/aromatic N) is 1. The summed E-state index contributed by atoms with van der Waals surface area (Å²) >= 11 is 8.46. The number of thiol groups is 1. The first kappa shape index (κ1) is 16.0. The molecule has 0 N–H and O–H groups in total. The summed E-state index contributed by atoms with van der Waals surface area (Å²) in [6.45, 7) is 0. The van der Waals surface area contributed by atoms with Crippen LogP contribution in [0.15, 0.2) is 0 Å². The van der Waals surface area contributed by atoms with Gasteiger partial charge in [-0.1, -0.05) is 12.2 Å². The van der Waals surface area contributed by atoms with E-state index in [2.05, 4.69) is 24.8 Å². The Morgan fingerprint density at radius 2 is 1.62 bits per heavy atom. The Hall–Kier alpha value is 1.11. The summed E-state index contributed by atoms with van der Waals surface area (Å²) in [6, 6.07) is 0. The Morgan fingerprint density at radius 1 is 1.50 bits per heavy atom. The quantitative estimate of drug-likeness (QED) is 0.357. The molecule has 0 radical (unpaired) electrons. The predicted octanol–water partition coefficient (Wildman–Crippen LogP) is -0.0407. The third-order valence-corrected chi connectivity index (χ3v) is 1.15. The zero-order chi connectivity index (χ0) is 5.15. The van der Waals surface area contributed by atoms with Crippen molar-refractivity contribution in [2.45, 2.75) is 0 Å². The van der Waals surface area contributed by atoms with E-state index in [4.69, 9.17) is 0 Å². The van der Waals surface area contributed by atoms with Crippen molar-refractivity contribution in [2.24, 2.45) is 0 Å². The zero-order valence-corrected chi connectivity index (χ0v) is 9.61. The van der Waals surface area contributed by atoms with Crippen LogP contribution in [0.3, 0.4) is 0 Å². The summed E-state index contributed by atoms with van der Waals surface area (Å²) in [5.74, 6) is 0. The van der Waals surface area contributed by atoms with Crippen molar-refractivity contribution in [3.8, 4) is 0 Å². The van der Waals surface area contributed by atoms with Crippen LogP contribution in [0.4, 0.5) is 0 Å². The summed E-state index contributed by atoms with van der Waals surface area (Å²) in [4.78, 5) is 1.76. The molecule has 0 spiro atoms. The van der Waals surface area contributed by atoms with Gasteiger partial charge in [0, 0.05) is 14.1 Å². The van der Waals surface area contributed by atoms with Gasteiger partial charge in [0.05, 0.1) is 0 Å². The molecule has 0 aromatic carbocycles. The van der Waals surface area contributed by atoms with E-state index in [0.29, 0.717) is 4.32 Å². The van der Waals surface area contributed by atoms with E-state index in [1.54, 1.807) is 4.90 Å². The molecular weight excluding hydrogens is 225 g/mol. The second-order valence-electron chi connectivity index (χ2n) is 1.18. The molecule has 0 atom stereocenters. The van der Waals surface area contributed by atoms with Crippen LogP contribution in [0.5, 0.6) is 0 Å². The fourth-order valence-electron chi connectivity index (χ4n) is 0. The summed E-state index contributed by atoms with van der Waals surface area (Å²) in [5, 5.41) is 0. The molecule has 0 unspecified atom stereocenters. The summed E-state index contributed by atoms with van der Waals surface area (Å²) < 4.78 is 0.620. The van der Waals surface area contributed by atoms with E-state index >= 15 is 0 Å². The molecule has 0 aliphatic carbocycles. The molecule has 5 heteroatoms. The van der Waals surface area contributed by atoms with Crippen molar-refractivity contribution in [1.29, 1.82) is 0 Å². The number of thiocarbonyl (C=S) groups is 1. The van der Waals surface area contributed by atoms with Crippen LogP contribution < -0.4 is 0 Å². The Morgan fingerprint density at radius 3 is 1.62 bits per heavy atom. The maximum atomic E-state index is 4.61. The normalized spacial score (nSPS) is 5.88. The van der Waals surface area contributed by atoms with Crippen LogP contribution in [-0.2, 0) is 0 Å². The molecule has 0 rings (SSSR count). The van der Waals surface area contributed by atoms with Crippen molar-refractivity contribution >= 4 is 59.7 Å². The monoisotopic (exact) mass is 237 g/mol. The van der Waals surface area contributed by atoms with Gasteiger partial charge in [-0.3, -0.25) is 0 Å². The first-order valence-electron chi connectivity index (χ1n) is 1.55. The topological polar surface area (TPSA) is 3.24 Å². The Bertz CT molecular complexity index is 65.5. The molecule has 0 bridgehead atoms. The second kappa shape index (κ2) is 8.11. The molecule has 0 saturated carbocycles. The van der Waals surface area contributed by atoms with Crippen molar-refractivity contribution in [3.63, 3.8) is 0 Å². The predicted molar refractivity (Wildman–Crippen MR) is 54.2 cm³/mol. The van der Waals surface area contributed by atoms with E-state index in [-0.39, 0.29) is 30.6 Å². The zero-order valence-electron chi connectivity index (χ0n) is 4.80.